The molecule has 1 saturated heterocycles. The number of rotatable bonds is 6. The van der Waals surface area contributed by atoms with Crippen LogP contribution in [0.25, 0.3) is 11.3 Å². The maximum Gasteiger partial charge on any atom is 0.267 e. The van der Waals surface area contributed by atoms with Gasteiger partial charge in [-0.1, -0.05) is 12.1 Å². The van der Waals surface area contributed by atoms with Crippen molar-refractivity contribution in [3.05, 3.63) is 59.1 Å². The Kier molecular flexibility index (Phi) is 6.18. The second-order valence-corrected chi connectivity index (χ2v) is 6.82. The molecule has 0 spiro atoms. The third-order valence-electron chi connectivity index (χ3n) is 4.80. The van der Waals surface area contributed by atoms with E-state index in [1.807, 2.05) is 18.2 Å². The molecule has 0 bridgehead atoms. The molecular weight excluding hydrogens is 400 g/mol. The number of anilines is 2. The van der Waals surface area contributed by atoms with Crippen LogP contribution in [0, 0.1) is 0 Å². The van der Waals surface area contributed by atoms with Crippen LogP contribution in [0.2, 0.25) is 0 Å². The average molecular weight is 422 g/mol. The van der Waals surface area contributed by atoms with Gasteiger partial charge in [0.2, 0.25) is 5.91 Å². The number of amides is 1. The van der Waals surface area contributed by atoms with E-state index in [1.54, 1.807) is 25.3 Å². The molecule has 1 amide bonds. The lowest BCUT2D eigenvalue weighted by Crippen LogP contribution is -2.36. The van der Waals surface area contributed by atoms with Gasteiger partial charge in [0.15, 0.2) is 0 Å². The molecule has 4 rings (SSSR count). The van der Waals surface area contributed by atoms with Crippen molar-refractivity contribution in [3.8, 4) is 17.0 Å². The number of hydrogen-bond acceptors (Lipinski definition) is 8. The van der Waals surface area contributed by atoms with Crippen LogP contribution in [0.3, 0.4) is 0 Å². The molecular formula is C21H22N6O4. The van der Waals surface area contributed by atoms with E-state index >= 15 is 0 Å². The molecule has 0 unspecified atom stereocenters. The third-order valence-corrected chi connectivity index (χ3v) is 4.80. The summed E-state index contributed by atoms with van der Waals surface area (Å²) in [6.45, 7) is 2.45. The van der Waals surface area contributed by atoms with Crippen LogP contribution in [-0.4, -0.2) is 59.1 Å². The average Bonchev–Trinajstić information content (AvgIpc) is 2.81. The molecule has 0 radical (unpaired) electrons. The molecule has 0 saturated carbocycles. The van der Waals surface area contributed by atoms with Crippen LogP contribution >= 0.6 is 0 Å². The SMILES string of the molecule is COc1ccccc1-c1ccc(=O)n(CC(=O)Nc2cc(N3CCOCC3)ncn2)n1. The van der Waals surface area contributed by atoms with E-state index in [2.05, 4.69) is 25.3 Å². The third kappa shape index (κ3) is 4.86. The lowest BCUT2D eigenvalue weighted by molar-refractivity contribution is -0.117. The first-order valence-corrected chi connectivity index (χ1v) is 9.80. The number of aromatic nitrogens is 4. The zero-order chi connectivity index (χ0) is 21.6. The summed E-state index contributed by atoms with van der Waals surface area (Å²) in [5.74, 6) is 1.28. The van der Waals surface area contributed by atoms with Crippen molar-refractivity contribution in [3.63, 3.8) is 0 Å². The second kappa shape index (κ2) is 9.35. The van der Waals surface area contributed by atoms with Gasteiger partial charge in [0.25, 0.3) is 5.56 Å². The van der Waals surface area contributed by atoms with Crippen LogP contribution in [0.5, 0.6) is 5.75 Å². The Morgan fingerprint density at radius 2 is 1.97 bits per heavy atom. The van der Waals surface area contributed by atoms with Crippen molar-refractivity contribution in [2.45, 2.75) is 6.54 Å². The highest BCUT2D eigenvalue weighted by Gasteiger charge is 2.15. The van der Waals surface area contributed by atoms with Crippen molar-refractivity contribution in [1.82, 2.24) is 19.7 Å². The Labute approximate surface area is 178 Å². The maximum atomic E-state index is 12.6. The van der Waals surface area contributed by atoms with E-state index in [-0.39, 0.29) is 12.1 Å². The van der Waals surface area contributed by atoms with Crippen molar-refractivity contribution in [1.29, 1.82) is 0 Å². The summed E-state index contributed by atoms with van der Waals surface area (Å²) in [5.41, 5.74) is 0.872. The van der Waals surface area contributed by atoms with Crippen molar-refractivity contribution < 1.29 is 14.3 Å². The first-order chi connectivity index (χ1) is 15.1. The first kappa shape index (κ1) is 20.5. The number of benzene rings is 1. The second-order valence-electron chi connectivity index (χ2n) is 6.82. The molecule has 3 heterocycles. The highest BCUT2D eigenvalue weighted by Crippen LogP contribution is 2.27. The summed E-state index contributed by atoms with van der Waals surface area (Å²) in [7, 11) is 1.56. The first-order valence-electron chi connectivity index (χ1n) is 9.80. The Hall–Kier alpha value is -3.79. The lowest BCUT2D eigenvalue weighted by atomic mass is 10.1. The van der Waals surface area contributed by atoms with Gasteiger partial charge in [0, 0.05) is 30.8 Å². The van der Waals surface area contributed by atoms with Gasteiger partial charge >= 0.3 is 0 Å². The molecule has 2 aromatic heterocycles. The standard InChI is InChI=1S/C21H22N6O4/c1-30-17-5-3-2-4-15(17)16-6-7-21(29)27(25-16)13-20(28)24-18-12-19(23-14-22-18)26-8-10-31-11-9-26/h2-7,12,14H,8-11,13H2,1H3,(H,22,23,24,28). The largest absolute Gasteiger partial charge is 0.496 e. The van der Waals surface area contributed by atoms with Crippen LogP contribution in [0.15, 0.2) is 53.6 Å². The van der Waals surface area contributed by atoms with Crippen molar-refractivity contribution in [2.75, 3.05) is 43.6 Å². The maximum absolute atomic E-state index is 12.6. The number of carbonyl (C=O) groups excluding carboxylic acids is 1. The molecule has 31 heavy (non-hydrogen) atoms. The molecule has 0 atom stereocenters. The summed E-state index contributed by atoms with van der Waals surface area (Å²) < 4.78 is 11.8. The number of nitrogens with one attached hydrogen (secondary N) is 1. The van der Waals surface area contributed by atoms with E-state index < -0.39 is 5.91 Å². The minimum Gasteiger partial charge on any atom is -0.496 e. The fraction of sp³-hybridized carbons (Fsp3) is 0.286. The van der Waals surface area contributed by atoms with Gasteiger partial charge in [-0.15, -0.1) is 0 Å². The molecule has 1 aliphatic rings. The Bertz CT molecular complexity index is 1130. The fourth-order valence-corrected chi connectivity index (χ4v) is 3.26. The minimum absolute atomic E-state index is 0.251. The van der Waals surface area contributed by atoms with Crippen LogP contribution in [0.4, 0.5) is 11.6 Å². The van der Waals surface area contributed by atoms with Gasteiger partial charge in [-0.2, -0.15) is 5.10 Å². The normalized spacial score (nSPS) is 13.6. The van der Waals surface area contributed by atoms with E-state index in [0.29, 0.717) is 36.3 Å². The predicted molar refractivity (Wildman–Crippen MR) is 114 cm³/mol. The zero-order valence-electron chi connectivity index (χ0n) is 17.0. The van der Waals surface area contributed by atoms with E-state index in [0.717, 1.165) is 23.3 Å². The summed E-state index contributed by atoms with van der Waals surface area (Å²) in [5, 5.41) is 7.04. The molecule has 1 fully saturated rings. The van der Waals surface area contributed by atoms with Crippen LogP contribution < -0.4 is 20.5 Å². The zero-order valence-corrected chi connectivity index (χ0v) is 17.0. The number of ether oxygens (including phenoxy) is 2. The van der Waals surface area contributed by atoms with Gasteiger partial charge in [-0.3, -0.25) is 9.59 Å². The topological polar surface area (TPSA) is 111 Å². The van der Waals surface area contributed by atoms with Crippen LogP contribution in [0.1, 0.15) is 0 Å². The van der Waals surface area contributed by atoms with E-state index in [9.17, 15) is 9.59 Å². The number of nitrogens with zero attached hydrogens (tertiary/aromatic N) is 5. The quantitative estimate of drug-likeness (QED) is 0.631. The highest BCUT2D eigenvalue weighted by molar-refractivity contribution is 5.89. The molecule has 1 aliphatic heterocycles. The monoisotopic (exact) mass is 422 g/mol. The molecule has 160 valence electrons. The number of para-hydroxylation sites is 1. The van der Waals surface area contributed by atoms with Gasteiger partial charge < -0.3 is 19.7 Å². The van der Waals surface area contributed by atoms with Crippen molar-refractivity contribution >= 4 is 17.5 Å². The van der Waals surface area contributed by atoms with Gasteiger partial charge in [-0.05, 0) is 18.2 Å². The lowest BCUT2D eigenvalue weighted by Gasteiger charge is -2.27. The smallest absolute Gasteiger partial charge is 0.267 e. The Morgan fingerprint density at radius 3 is 2.77 bits per heavy atom. The molecule has 1 N–H and O–H groups in total. The number of methoxy groups -OCH3 is 1. The molecule has 10 nitrogen and oxygen atoms in total. The molecule has 1 aromatic carbocycles. The van der Waals surface area contributed by atoms with Gasteiger partial charge in [0.1, 0.15) is 30.3 Å². The summed E-state index contributed by atoms with van der Waals surface area (Å²) in [6, 6.07) is 12.0. The van der Waals surface area contributed by atoms with Crippen molar-refractivity contribution in [2.24, 2.45) is 0 Å². The Balaban J connectivity index is 1.49. The number of carbonyl (C=O) groups is 1. The van der Waals surface area contributed by atoms with E-state index in [1.165, 1.54) is 12.4 Å². The predicted octanol–water partition coefficient (Wildman–Crippen LogP) is 1.18. The molecule has 0 aliphatic carbocycles. The number of morpholine rings is 1. The van der Waals surface area contributed by atoms with Gasteiger partial charge in [-0.25, -0.2) is 14.6 Å². The summed E-state index contributed by atoms with van der Waals surface area (Å²) >= 11 is 0. The van der Waals surface area contributed by atoms with Gasteiger partial charge in [0.05, 0.1) is 26.0 Å². The molecule has 3 aromatic rings. The van der Waals surface area contributed by atoms with E-state index in [4.69, 9.17) is 9.47 Å². The number of hydrogen-bond donors (Lipinski definition) is 1. The Morgan fingerprint density at radius 1 is 1.16 bits per heavy atom. The van der Waals surface area contributed by atoms with Crippen LogP contribution in [-0.2, 0) is 16.1 Å². The fourth-order valence-electron chi connectivity index (χ4n) is 3.26. The minimum atomic E-state index is -0.418. The summed E-state index contributed by atoms with van der Waals surface area (Å²) in [6.07, 6.45) is 1.40. The highest BCUT2D eigenvalue weighted by atomic mass is 16.5. The molecule has 10 heteroatoms. The summed E-state index contributed by atoms with van der Waals surface area (Å²) in [4.78, 5) is 35.2.